The van der Waals surface area contributed by atoms with E-state index in [2.05, 4.69) is 10.1 Å². The average molecular weight is 447 g/mol. The van der Waals surface area contributed by atoms with E-state index in [9.17, 15) is 31.5 Å². The topological polar surface area (TPSA) is 102 Å². The Hall–Kier alpha value is -2.95. The van der Waals surface area contributed by atoms with Crippen LogP contribution in [0.4, 0.5) is 18.9 Å². The number of aromatic carboxylic acids is 1. The van der Waals surface area contributed by atoms with Gasteiger partial charge < -0.3 is 19.9 Å². The monoisotopic (exact) mass is 447 g/mol. The van der Waals surface area contributed by atoms with Crippen molar-refractivity contribution in [1.29, 1.82) is 0 Å². The van der Waals surface area contributed by atoms with Crippen molar-refractivity contribution in [1.82, 2.24) is 0 Å². The lowest BCUT2D eigenvalue weighted by atomic mass is 10.1. The number of anilines is 1. The number of carboxylic acid groups (broad SMARTS) is 1. The quantitative estimate of drug-likeness (QED) is 0.538. The minimum absolute atomic E-state index is 0.0888. The van der Waals surface area contributed by atoms with Crippen molar-refractivity contribution in [2.45, 2.75) is 31.0 Å². The maximum Gasteiger partial charge on any atom is 0.573 e. The molecule has 0 atom stereocenters. The molecule has 0 saturated carbocycles. The third kappa shape index (κ3) is 6.55. The van der Waals surface area contributed by atoms with Crippen LogP contribution >= 0.6 is 0 Å². The number of carbonyl (C=O) groups is 1. The van der Waals surface area contributed by atoms with Crippen LogP contribution in [0.3, 0.4) is 0 Å². The first kappa shape index (κ1) is 23.3. The maximum absolute atomic E-state index is 12.5. The van der Waals surface area contributed by atoms with Crippen LogP contribution < -0.4 is 14.8 Å². The summed E-state index contributed by atoms with van der Waals surface area (Å²) in [6.45, 7) is 2.33. The molecule has 0 heterocycles. The number of nitrogens with one attached hydrogen (secondary N) is 1. The highest BCUT2D eigenvalue weighted by Gasteiger charge is 2.31. The second-order valence-electron chi connectivity index (χ2n) is 6.33. The largest absolute Gasteiger partial charge is 0.573 e. The van der Waals surface area contributed by atoms with Crippen LogP contribution in [0.5, 0.6) is 17.2 Å². The summed E-state index contributed by atoms with van der Waals surface area (Å²) in [4.78, 5) is 11.0. The average Bonchev–Trinajstić information content (AvgIpc) is 2.60. The van der Waals surface area contributed by atoms with E-state index in [1.807, 2.05) is 6.92 Å². The molecule has 0 aliphatic carbocycles. The molecule has 11 heteroatoms. The molecule has 0 fully saturated rings. The van der Waals surface area contributed by atoms with Crippen LogP contribution in [0.1, 0.15) is 30.1 Å². The van der Waals surface area contributed by atoms with E-state index in [4.69, 9.17) is 4.74 Å². The molecule has 7 nitrogen and oxygen atoms in total. The molecule has 0 radical (unpaired) electrons. The van der Waals surface area contributed by atoms with Crippen molar-refractivity contribution in [3.63, 3.8) is 0 Å². The Balaban J connectivity index is 2.56. The second kappa shape index (κ2) is 9.24. The predicted octanol–water partition coefficient (Wildman–Crippen LogP) is 4.69. The minimum atomic E-state index is -4.91. The number of benzene rings is 2. The second-order valence-corrected chi connectivity index (χ2v) is 8.32. The van der Waals surface area contributed by atoms with E-state index < -0.39 is 32.8 Å². The number of hydrogen-bond donors (Lipinski definition) is 2. The molecular weight excluding hydrogens is 427 g/mol. The van der Waals surface area contributed by atoms with Gasteiger partial charge in [0.05, 0.1) is 11.3 Å². The molecule has 0 aliphatic rings. The first-order valence-corrected chi connectivity index (χ1v) is 10.7. The van der Waals surface area contributed by atoms with E-state index in [1.54, 1.807) is 0 Å². The number of rotatable bonds is 9. The number of sulfone groups is 1. The van der Waals surface area contributed by atoms with Gasteiger partial charge in [-0.05, 0) is 30.7 Å². The lowest BCUT2D eigenvalue weighted by Gasteiger charge is -2.18. The van der Waals surface area contributed by atoms with E-state index in [0.717, 1.165) is 30.9 Å². The van der Waals surface area contributed by atoms with Gasteiger partial charge in [0.15, 0.2) is 15.6 Å². The van der Waals surface area contributed by atoms with Gasteiger partial charge in [0.25, 0.3) is 0 Å². The number of ether oxygens (including phenoxy) is 2. The third-order valence-electron chi connectivity index (χ3n) is 3.81. The molecule has 2 N–H and O–H groups in total. The fraction of sp³-hybridized carbons (Fsp3) is 0.316. The van der Waals surface area contributed by atoms with Crippen LogP contribution in [0.15, 0.2) is 41.3 Å². The fourth-order valence-electron chi connectivity index (χ4n) is 2.49. The summed E-state index contributed by atoms with van der Waals surface area (Å²) in [6, 6.07) is 6.71. The highest BCUT2D eigenvalue weighted by Crippen LogP contribution is 2.39. The van der Waals surface area contributed by atoms with Crippen molar-refractivity contribution in [3.8, 4) is 17.2 Å². The fourth-order valence-corrected chi connectivity index (χ4v) is 3.32. The first-order chi connectivity index (χ1) is 13.9. The number of alkyl halides is 3. The van der Waals surface area contributed by atoms with Gasteiger partial charge in [-0.15, -0.1) is 13.2 Å². The molecule has 0 unspecified atom stereocenters. The highest BCUT2D eigenvalue weighted by atomic mass is 32.2. The van der Waals surface area contributed by atoms with Gasteiger partial charge in [-0.2, -0.15) is 0 Å². The molecule has 0 saturated heterocycles. The standard InChI is InChI=1S/C19H20F3NO6S/c1-3-4-8-23-15-9-12(18(24)25)10-16(30(2,26)27)17(15)28-13-6-5-7-14(11-13)29-19(20,21)22/h5-7,9-11,23H,3-4,8H2,1-2H3,(H,24,25). The molecule has 0 aromatic heterocycles. The Kier molecular flexibility index (Phi) is 7.19. The van der Waals surface area contributed by atoms with Gasteiger partial charge in [-0.25, -0.2) is 13.2 Å². The molecule has 0 bridgehead atoms. The molecule has 0 spiro atoms. The Labute approximate surface area is 171 Å². The Bertz CT molecular complexity index is 1020. The third-order valence-corrected chi connectivity index (χ3v) is 4.91. The van der Waals surface area contributed by atoms with Crippen molar-refractivity contribution < 1.29 is 41.0 Å². The van der Waals surface area contributed by atoms with Gasteiger partial charge in [-0.1, -0.05) is 19.4 Å². The van der Waals surface area contributed by atoms with Crippen molar-refractivity contribution in [2.75, 3.05) is 18.1 Å². The molecular formula is C19H20F3NO6S. The minimum Gasteiger partial charge on any atom is -0.478 e. The summed E-state index contributed by atoms with van der Waals surface area (Å²) in [5.41, 5.74) is -0.193. The Morgan fingerprint density at radius 2 is 1.83 bits per heavy atom. The molecule has 2 aromatic carbocycles. The zero-order valence-electron chi connectivity index (χ0n) is 16.1. The summed E-state index contributed by atoms with van der Waals surface area (Å²) in [7, 11) is -3.94. The van der Waals surface area contributed by atoms with Gasteiger partial charge in [0.1, 0.15) is 16.4 Å². The van der Waals surface area contributed by atoms with E-state index in [1.165, 1.54) is 18.2 Å². The number of hydrogen-bond acceptors (Lipinski definition) is 6. The molecule has 30 heavy (non-hydrogen) atoms. The SMILES string of the molecule is CCCCNc1cc(C(=O)O)cc(S(C)(=O)=O)c1Oc1cccc(OC(F)(F)F)c1. The zero-order valence-corrected chi connectivity index (χ0v) is 16.9. The molecule has 2 aromatic rings. The lowest BCUT2D eigenvalue weighted by Crippen LogP contribution is -2.17. The van der Waals surface area contributed by atoms with Gasteiger partial charge in [-0.3, -0.25) is 0 Å². The van der Waals surface area contributed by atoms with Crippen molar-refractivity contribution in [3.05, 3.63) is 42.0 Å². The molecule has 2 rings (SSSR count). The van der Waals surface area contributed by atoms with Crippen LogP contribution in [-0.4, -0.2) is 38.7 Å². The van der Waals surface area contributed by atoms with Crippen LogP contribution in [-0.2, 0) is 9.84 Å². The molecule has 164 valence electrons. The van der Waals surface area contributed by atoms with Crippen LogP contribution in [0.25, 0.3) is 0 Å². The summed E-state index contributed by atoms with van der Waals surface area (Å²) >= 11 is 0. The first-order valence-electron chi connectivity index (χ1n) is 8.79. The Morgan fingerprint density at radius 3 is 2.40 bits per heavy atom. The molecule has 0 amide bonds. The Morgan fingerprint density at radius 1 is 1.17 bits per heavy atom. The summed E-state index contributed by atoms with van der Waals surface area (Å²) < 4.78 is 71.4. The van der Waals surface area contributed by atoms with Crippen molar-refractivity contribution in [2.24, 2.45) is 0 Å². The van der Waals surface area contributed by atoms with Gasteiger partial charge >= 0.3 is 12.3 Å². The van der Waals surface area contributed by atoms with E-state index in [-0.39, 0.29) is 22.7 Å². The smallest absolute Gasteiger partial charge is 0.478 e. The lowest BCUT2D eigenvalue weighted by molar-refractivity contribution is -0.274. The van der Waals surface area contributed by atoms with Crippen molar-refractivity contribution >= 4 is 21.5 Å². The number of halogens is 3. The summed E-state index contributed by atoms with van der Waals surface area (Å²) in [5, 5.41) is 12.2. The predicted molar refractivity (Wildman–Crippen MR) is 103 cm³/mol. The van der Waals surface area contributed by atoms with E-state index >= 15 is 0 Å². The number of unbranched alkanes of at least 4 members (excludes halogenated alkanes) is 1. The van der Waals surface area contributed by atoms with Crippen LogP contribution in [0.2, 0.25) is 0 Å². The van der Waals surface area contributed by atoms with Gasteiger partial charge in [0.2, 0.25) is 0 Å². The normalized spacial score (nSPS) is 11.8. The maximum atomic E-state index is 12.5. The van der Waals surface area contributed by atoms with Crippen LogP contribution in [0, 0.1) is 0 Å². The zero-order chi connectivity index (χ0) is 22.5. The van der Waals surface area contributed by atoms with Gasteiger partial charge in [0, 0.05) is 18.9 Å². The van der Waals surface area contributed by atoms with E-state index in [0.29, 0.717) is 13.0 Å². The highest BCUT2D eigenvalue weighted by molar-refractivity contribution is 7.90. The number of carboxylic acids is 1. The summed E-state index contributed by atoms with van der Waals surface area (Å²) in [6.07, 6.45) is -2.51. The molecule has 0 aliphatic heterocycles. The summed E-state index contributed by atoms with van der Waals surface area (Å²) in [5.74, 6) is -2.24.